The molecule has 1 aliphatic rings. The number of ether oxygens (including phenoxy) is 2. The van der Waals surface area contributed by atoms with Gasteiger partial charge in [0.25, 0.3) is 0 Å². The Kier molecular flexibility index (Phi) is 5.76. The molecule has 2 rings (SSSR count). The largest absolute Gasteiger partial charge is 0.460 e. The van der Waals surface area contributed by atoms with Gasteiger partial charge in [-0.1, -0.05) is 37.3 Å². The van der Waals surface area contributed by atoms with E-state index in [4.69, 9.17) is 9.47 Å². The lowest BCUT2D eigenvalue weighted by molar-refractivity contribution is -0.159. The lowest BCUT2D eigenvalue weighted by Gasteiger charge is -2.26. The molecule has 4 heteroatoms. The first-order chi connectivity index (χ1) is 10.1. The molecule has 4 atom stereocenters. The Labute approximate surface area is 126 Å². The van der Waals surface area contributed by atoms with Gasteiger partial charge in [-0.2, -0.15) is 0 Å². The molecule has 0 amide bonds. The van der Waals surface area contributed by atoms with Crippen molar-refractivity contribution in [3.05, 3.63) is 35.9 Å². The SMILES string of the molecule is CC[C@H]1COC[C@H](Cc2ccccc2)[C@@H](O)[C@H](C)OC1=O. The van der Waals surface area contributed by atoms with E-state index in [1.54, 1.807) is 6.92 Å². The van der Waals surface area contributed by atoms with E-state index in [1.165, 1.54) is 0 Å². The first-order valence-corrected chi connectivity index (χ1v) is 7.62. The van der Waals surface area contributed by atoms with Crippen LogP contribution < -0.4 is 0 Å². The van der Waals surface area contributed by atoms with Crippen molar-refractivity contribution in [2.45, 2.75) is 38.9 Å². The average molecular weight is 292 g/mol. The summed E-state index contributed by atoms with van der Waals surface area (Å²) in [6, 6.07) is 9.99. The summed E-state index contributed by atoms with van der Waals surface area (Å²) in [6.45, 7) is 4.49. The molecule has 116 valence electrons. The molecule has 1 aliphatic heterocycles. The van der Waals surface area contributed by atoms with Crippen molar-refractivity contribution in [1.29, 1.82) is 0 Å². The number of carbonyl (C=O) groups excluding carboxylic acids is 1. The Morgan fingerprint density at radius 1 is 1.24 bits per heavy atom. The zero-order valence-corrected chi connectivity index (χ0v) is 12.7. The number of aliphatic hydroxyl groups is 1. The van der Waals surface area contributed by atoms with E-state index in [1.807, 2.05) is 37.3 Å². The maximum Gasteiger partial charge on any atom is 0.311 e. The summed E-state index contributed by atoms with van der Waals surface area (Å²) in [5, 5.41) is 10.4. The molecule has 1 fully saturated rings. The van der Waals surface area contributed by atoms with Crippen molar-refractivity contribution in [3.63, 3.8) is 0 Å². The zero-order chi connectivity index (χ0) is 15.2. The Hall–Kier alpha value is -1.39. The van der Waals surface area contributed by atoms with Crippen molar-refractivity contribution >= 4 is 5.97 Å². The number of carbonyl (C=O) groups is 1. The van der Waals surface area contributed by atoms with E-state index in [9.17, 15) is 9.90 Å². The normalized spacial score (nSPS) is 30.9. The van der Waals surface area contributed by atoms with Gasteiger partial charge in [-0.15, -0.1) is 0 Å². The molecule has 1 saturated heterocycles. The first kappa shape index (κ1) is 16.0. The standard InChI is InChI=1S/C17H24O4/c1-3-14-10-20-11-15(9-13-7-5-4-6-8-13)16(18)12(2)21-17(14)19/h4-8,12,14-16,18H,3,9-11H2,1-2H3/t12-,14-,15-,16-/m0/s1. The molecule has 1 N–H and O–H groups in total. The monoisotopic (exact) mass is 292 g/mol. The zero-order valence-electron chi connectivity index (χ0n) is 12.7. The molecule has 1 heterocycles. The molecule has 0 unspecified atom stereocenters. The lowest BCUT2D eigenvalue weighted by Crippen LogP contribution is -2.37. The highest BCUT2D eigenvalue weighted by Crippen LogP contribution is 2.21. The van der Waals surface area contributed by atoms with Gasteiger partial charge in [-0.25, -0.2) is 0 Å². The second-order valence-electron chi connectivity index (χ2n) is 5.73. The van der Waals surface area contributed by atoms with Crippen molar-refractivity contribution in [2.75, 3.05) is 13.2 Å². The molecule has 0 aliphatic carbocycles. The Bertz CT molecular complexity index is 445. The van der Waals surface area contributed by atoms with Gasteiger partial charge in [0.1, 0.15) is 6.10 Å². The van der Waals surface area contributed by atoms with E-state index in [0.29, 0.717) is 26.1 Å². The molecule has 0 bridgehead atoms. The van der Waals surface area contributed by atoms with Crippen LogP contribution in [0.3, 0.4) is 0 Å². The van der Waals surface area contributed by atoms with Crippen LogP contribution in [0.1, 0.15) is 25.8 Å². The van der Waals surface area contributed by atoms with Gasteiger partial charge < -0.3 is 14.6 Å². The third-order valence-corrected chi connectivity index (χ3v) is 4.08. The average Bonchev–Trinajstić information content (AvgIpc) is 2.53. The van der Waals surface area contributed by atoms with Crippen LogP contribution in [-0.2, 0) is 20.7 Å². The molecule has 0 radical (unpaired) electrons. The van der Waals surface area contributed by atoms with Gasteiger partial charge in [-0.05, 0) is 25.3 Å². The summed E-state index contributed by atoms with van der Waals surface area (Å²) < 4.78 is 11.1. The minimum absolute atomic E-state index is 0.0780. The van der Waals surface area contributed by atoms with Crippen LogP contribution in [0.25, 0.3) is 0 Å². The van der Waals surface area contributed by atoms with Gasteiger partial charge >= 0.3 is 5.97 Å². The summed E-state index contributed by atoms with van der Waals surface area (Å²) in [6.07, 6.45) is 0.165. The maximum atomic E-state index is 12.0. The molecule has 21 heavy (non-hydrogen) atoms. The molecule has 0 aromatic heterocycles. The number of cyclic esters (lactones) is 1. The van der Waals surface area contributed by atoms with Crippen LogP contribution in [0.4, 0.5) is 0 Å². The van der Waals surface area contributed by atoms with Crippen molar-refractivity contribution < 1.29 is 19.4 Å². The van der Waals surface area contributed by atoms with Crippen molar-refractivity contribution in [2.24, 2.45) is 11.8 Å². The second kappa shape index (κ2) is 7.57. The highest BCUT2D eigenvalue weighted by atomic mass is 16.6. The van der Waals surface area contributed by atoms with Crippen LogP contribution in [-0.4, -0.2) is 36.5 Å². The quantitative estimate of drug-likeness (QED) is 0.868. The fourth-order valence-corrected chi connectivity index (χ4v) is 2.64. The number of benzene rings is 1. The van der Waals surface area contributed by atoms with Crippen LogP contribution in [0.5, 0.6) is 0 Å². The summed E-state index contributed by atoms with van der Waals surface area (Å²) in [5.41, 5.74) is 1.15. The van der Waals surface area contributed by atoms with Gasteiger partial charge in [0, 0.05) is 5.92 Å². The summed E-state index contributed by atoms with van der Waals surface area (Å²) in [5.74, 6) is -0.592. The molecule has 1 aromatic rings. The Morgan fingerprint density at radius 3 is 2.62 bits per heavy atom. The minimum Gasteiger partial charge on any atom is -0.460 e. The molecular weight excluding hydrogens is 268 g/mol. The number of esters is 1. The van der Waals surface area contributed by atoms with Gasteiger partial charge in [0.15, 0.2) is 0 Å². The van der Waals surface area contributed by atoms with Crippen molar-refractivity contribution in [3.8, 4) is 0 Å². The Balaban J connectivity index is 2.08. The van der Waals surface area contributed by atoms with Gasteiger partial charge in [-0.3, -0.25) is 4.79 Å². The van der Waals surface area contributed by atoms with E-state index in [0.717, 1.165) is 5.56 Å². The van der Waals surface area contributed by atoms with E-state index in [-0.39, 0.29) is 17.8 Å². The summed E-state index contributed by atoms with van der Waals surface area (Å²) >= 11 is 0. The van der Waals surface area contributed by atoms with Crippen LogP contribution >= 0.6 is 0 Å². The fourth-order valence-electron chi connectivity index (χ4n) is 2.64. The van der Waals surface area contributed by atoms with E-state index < -0.39 is 12.2 Å². The second-order valence-corrected chi connectivity index (χ2v) is 5.73. The predicted octanol–water partition coefficient (Wildman–Crippen LogP) is 2.19. The van der Waals surface area contributed by atoms with Crippen LogP contribution in [0.15, 0.2) is 30.3 Å². The lowest BCUT2D eigenvalue weighted by atomic mass is 9.92. The highest BCUT2D eigenvalue weighted by Gasteiger charge is 2.32. The minimum atomic E-state index is -0.718. The van der Waals surface area contributed by atoms with E-state index >= 15 is 0 Å². The first-order valence-electron chi connectivity index (χ1n) is 7.62. The molecular formula is C17H24O4. The molecule has 0 spiro atoms. The highest BCUT2D eigenvalue weighted by molar-refractivity contribution is 5.72. The molecule has 1 aromatic carbocycles. The van der Waals surface area contributed by atoms with Crippen LogP contribution in [0.2, 0.25) is 0 Å². The number of hydrogen-bond donors (Lipinski definition) is 1. The molecule has 4 nitrogen and oxygen atoms in total. The summed E-state index contributed by atoms with van der Waals surface area (Å²) in [7, 11) is 0. The number of hydrogen-bond acceptors (Lipinski definition) is 4. The number of aliphatic hydroxyl groups excluding tert-OH is 1. The van der Waals surface area contributed by atoms with Crippen LogP contribution in [0, 0.1) is 11.8 Å². The smallest absolute Gasteiger partial charge is 0.311 e. The molecule has 0 saturated carbocycles. The van der Waals surface area contributed by atoms with E-state index in [2.05, 4.69) is 0 Å². The summed E-state index contributed by atoms with van der Waals surface area (Å²) in [4.78, 5) is 12.0. The van der Waals surface area contributed by atoms with Gasteiger partial charge in [0.2, 0.25) is 0 Å². The number of rotatable bonds is 3. The third kappa shape index (κ3) is 4.29. The van der Waals surface area contributed by atoms with Crippen molar-refractivity contribution in [1.82, 2.24) is 0 Å². The maximum absolute atomic E-state index is 12.0. The Morgan fingerprint density at radius 2 is 1.95 bits per heavy atom. The topological polar surface area (TPSA) is 55.8 Å². The fraction of sp³-hybridized carbons (Fsp3) is 0.588. The van der Waals surface area contributed by atoms with Gasteiger partial charge in [0.05, 0.1) is 25.2 Å². The predicted molar refractivity (Wildman–Crippen MR) is 79.8 cm³/mol. The third-order valence-electron chi connectivity index (χ3n) is 4.08.